The molecular weight excluding hydrogens is 334 g/mol. The smallest absolute Gasteiger partial charge is 0.264 e. The molecule has 2 unspecified atom stereocenters. The number of thioether (sulfide) groups is 1. The second-order valence-electron chi connectivity index (χ2n) is 6.56. The lowest BCUT2D eigenvalue weighted by Gasteiger charge is -2.40. The Hall–Kier alpha value is -1.70. The van der Waals surface area contributed by atoms with Gasteiger partial charge in [-0.25, -0.2) is 4.98 Å². The van der Waals surface area contributed by atoms with Crippen LogP contribution in [0.25, 0.3) is 0 Å². The molecule has 3 heterocycles. The summed E-state index contributed by atoms with van der Waals surface area (Å²) in [6.45, 7) is 9.17. The maximum atomic E-state index is 13.0. The molecule has 4 rings (SSSR count). The topological polar surface area (TPSA) is 54.3 Å². The Bertz CT molecular complexity index is 754. The summed E-state index contributed by atoms with van der Waals surface area (Å²) in [6, 6.07) is 10.4. The standard InChI is InChI=1S/C18H23N5OS/c1-3-21-9-11-22(12-10-21)15(14-7-5-4-6-8-14)16-17(24)23-18(25-16)19-13(2)20-23/h4-8,15-16H,3,9-12H2,1-2H3. The Balaban J connectivity index is 1.63. The molecule has 132 valence electrons. The van der Waals surface area contributed by atoms with Crippen LogP contribution in [-0.2, 0) is 0 Å². The van der Waals surface area contributed by atoms with Gasteiger partial charge in [0.05, 0.1) is 6.04 Å². The lowest BCUT2D eigenvalue weighted by atomic mass is 10.00. The van der Waals surface area contributed by atoms with E-state index in [9.17, 15) is 4.79 Å². The van der Waals surface area contributed by atoms with Crippen molar-refractivity contribution in [2.45, 2.75) is 30.3 Å². The summed E-state index contributed by atoms with van der Waals surface area (Å²) in [6.07, 6.45) is 0. The Morgan fingerprint density at radius 2 is 1.92 bits per heavy atom. The molecule has 0 aliphatic carbocycles. The number of fused-ring (bicyclic) bond motifs is 1. The monoisotopic (exact) mass is 357 g/mol. The summed E-state index contributed by atoms with van der Waals surface area (Å²) in [5.74, 6) is 0.703. The Kier molecular flexibility index (Phi) is 4.62. The number of carbonyl (C=O) groups is 1. The second-order valence-corrected chi connectivity index (χ2v) is 7.66. The molecule has 0 bridgehead atoms. The minimum atomic E-state index is -0.189. The summed E-state index contributed by atoms with van der Waals surface area (Å²) in [5, 5.41) is 4.81. The quantitative estimate of drug-likeness (QED) is 0.835. The van der Waals surface area contributed by atoms with E-state index in [4.69, 9.17) is 0 Å². The number of hydrogen-bond acceptors (Lipinski definition) is 6. The van der Waals surface area contributed by atoms with Crippen molar-refractivity contribution >= 4 is 17.7 Å². The molecule has 2 aliphatic heterocycles. The van der Waals surface area contributed by atoms with E-state index in [-0.39, 0.29) is 17.2 Å². The first kappa shape index (κ1) is 16.8. The lowest BCUT2D eigenvalue weighted by molar-refractivity contribution is 0.0739. The fourth-order valence-corrected chi connectivity index (χ4v) is 4.99. The van der Waals surface area contributed by atoms with Crippen molar-refractivity contribution in [3.8, 4) is 0 Å². The second kappa shape index (κ2) is 6.90. The number of carbonyl (C=O) groups excluding carboxylic acids is 1. The number of rotatable bonds is 4. The third kappa shape index (κ3) is 3.12. The van der Waals surface area contributed by atoms with Crippen molar-refractivity contribution in [2.75, 3.05) is 32.7 Å². The van der Waals surface area contributed by atoms with Crippen LogP contribution in [0.4, 0.5) is 0 Å². The summed E-state index contributed by atoms with van der Waals surface area (Å²) in [5.41, 5.74) is 1.20. The van der Waals surface area contributed by atoms with Crippen LogP contribution in [0, 0.1) is 6.92 Å². The SMILES string of the molecule is CCN1CCN(C(c2ccccc2)C2Sc3nc(C)nn3C2=O)CC1. The molecule has 1 aromatic heterocycles. The van der Waals surface area contributed by atoms with E-state index in [0.29, 0.717) is 5.82 Å². The van der Waals surface area contributed by atoms with Gasteiger partial charge in [0, 0.05) is 26.2 Å². The molecule has 0 N–H and O–H groups in total. The van der Waals surface area contributed by atoms with Gasteiger partial charge in [0.1, 0.15) is 11.1 Å². The molecule has 2 aromatic rings. The number of likely N-dealkylation sites (N-methyl/N-ethyl adjacent to an activating group) is 1. The third-order valence-electron chi connectivity index (χ3n) is 5.04. The van der Waals surface area contributed by atoms with Crippen molar-refractivity contribution in [1.82, 2.24) is 24.6 Å². The molecule has 1 fully saturated rings. The highest BCUT2D eigenvalue weighted by Crippen LogP contribution is 2.41. The molecule has 2 aliphatic rings. The van der Waals surface area contributed by atoms with Crippen LogP contribution < -0.4 is 0 Å². The summed E-state index contributed by atoms with van der Waals surface area (Å²) < 4.78 is 1.49. The molecule has 0 spiro atoms. The zero-order valence-corrected chi connectivity index (χ0v) is 15.4. The maximum absolute atomic E-state index is 13.0. The minimum Gasteiger partial charge on any atom is -0.301 e. The number of benzene rings is 1. The van der Waals surface area contributed by atoms with E-state index in [1.807, 2.05) is 13.0 Å². The largest absolute Gasteiger partial charge is 0.301 e. The van der Waals surface area contributed by atoms with Crippen molar-refractivity contribution in [2.24, 2.45) is 0 Å². The number of aryl methyl sites for hydroxylation is 1. The molecule has 7 heteroatoms. The van der Waals surface area contributed by atoms with Crippen LogP contribution in [0.2, 0.25) is 0 Å². The van der Waals surface area contributed by atoms with Crippen molar-refractivity contribution in [3.63, 3.8) is 0 Å². The van der Waals surface area contributed by atoms with Gasteiger partial charge in [-0.2, -0.15) is 4.68 Å². The van der Waals surface area contributed by atoms with Gasteiger partial charge in [0.25, 0.3) is 5.91 Å². The normalized spacial score (nSPS) is 23.0. The molecular formula is C18H23N5OS. The number of aromatic nitrogens is 3. The van der Waals surface area contributed by atoms with E-state index in [1.54, 1.807) is 11.8 Å². The average molecular weight is 357 g/mol. The maximum Gasteiger partial charge on any atom is 0.264 e. The van der Waals surface area contributed by atoms with Crippen molar-refractivity contribution < 1.29 is 4.79 Å². The molecule has 1 aromatic carbocycles. The van der Waals surface area contributed by atoms with Gasteiger partial charge in [-0.1, -0.05) is 49.0 Å². The molecule has 0 radical (unpaired) electrons. The number of hydrogen-bond donors (Lipinski definition) is 0. The van der Waals surface area contributed by atoms with Crippen LogP contribution in [0.1, 0.15) is 29.1 Å². The van der Waals surface area contributed by atoms with Crippen LogP contribution >= 0.6 is 11.8 Å². The fraction of sp³-hybridized carbons (Fsp3) is 0.500. The van der Waals surface area contributed by atoms with Gasteiger partial charge in [0.15, 0.2) is 5.16 Å². The van der Waals surface area contributed by atoms with Crippen molar-refractivity contribution in [1.29, 1.82) is 0 Å². The van der Waals surface area contributed by atoms with E-state index in [2.05, 4.69) is 51.1 Å². The summed E-state index contributed by atoms with van der Waals surface area (Å²) >= 11 is 1.55. The highest BCUT2D eigenvalue weighted by atomic mass is 32.2. The van der Waals surface area contributed by atoms with Gasteiger partial charge >= 0.3 is 0 Å². The molecule has 0 saturated carbocycles. The predicted octanol–water partition coefficient (Wildman–Crippen LogP) is 2.08. The molecule has 2 atom stereocenters. The first-order valence-electron chi connectivity index (χ1n) is 8.83. The van der Waals surface area contributed by atoms with E-state index in [1.165, 1.54) is 10.2 Å². The van der Waals surface area contributed by atoms with Gasteiger partial charge in [-0.3, -0.25) is 9.69 Å². The van der Waals surface area contributed by atoms with Gasteiger partial charge in [-0.15, -0.1) is 5.10 Å². The predicted molar refractivity (Wildman–Crippen MR) is 97.9 cm³/mol. The van der Waals surface area contributed by atoms with Gasteiger partial charge < -0.3 is 4.90 Å². The van der Waals surface area contributed by atoms with Crippen molar-refractivity contribution in [3.05, 3.63) is 41.7 Å². The minimum absolute atomic E-state index is 0.0485. The Morgan fingerprint density at radius 3 is 2.56 bits per heavy atom. The summed E-state index contributed by atoms with van der Waals surface area (Å²) in [7, 11) is 0. The molecule has 25 heavy (non-hydrogen) atoms. The molecule has 6 nitrogen and oxygen atoms in total. The highest BCUT2D eigenvalue weighted by molar-refractivity contribution is 8.00. The van der Waals surface area contributed by atoms with Gasteiger partial charge in [-0.05, 0) is 19.0 Å². The average Bonchev–Trinajstić information content (AvgIpc) is 3.15. The lowest BCUT2D eigenvalue weighted by Crippen LogP contribution is -2.50. The fourth-order valence-electron chi connectivity index (χ4n) is 3.68. The van der Waals surface area contributed by atoms with E-state index >= 15 is 0 Å². The number of piperazine rings is 1. The Labute approximate surface area is 152 Å². The molecule has 0 amide bonds. The van der Waals surface area contributed by atoms with Crippen LogP contribution in [0.5, 0.6) is 0 Å². The number of nitrogens with zero attached hydrogens (tertiary/aromatic N) is 5. The van der Waals surface area contributed by atoms with E-state index in [0.717, 1.165) is 37.9 Å². The highest BCUT2D eigenvalue weighted by Gasteiger charge is 2.43. The first-order chi connectivity index (χ1) is 12.2. The molecule has 1 saturated heterocycles. The van der Waals surface area contributed by atoms with Crippen LogP contribution in [0.3, 0.4) is 0 Å². The van der Waals surface area contributed by atoms with E-state index < -0.39 is 0 Å². The zero-order chi connectivity index (χ0) is 17.4. The van der Waals surface area contributed by atoms with Gasteiger partial charge in [0.2, 0.25) is 0 Å². The summed E-state index contributed by atoms with van der Waals surface area (Å²) in [4.78, 5) is 22.3. The zero-order valence-electron chi connectivity index (χ0n) is 14.6. The first-order valence-corrected chi connectivity index (χ1v) is 9.71. The van der Waals surface area contributed by atoms with Crippen LogP contribution in [0.15, 0.2) is 35.5 Å². The Morgan fingerprint density at radius 1 is 1.20 bits per heavy atom. The third-order valence-corrected chi connectivity index (χ3v) is 6.23. The van der Waals surface area contributed by atoms with Crippen LogP contribution in [-0.4, -0.2) is 68.4 Å².